The summed E-state index contributed by atoms with van der Waals surface area (Å²) in [6.07, 6.45) is -4.99. The number of rotatable bonds is 8. The Morgan fingerprint density at radius 1 is 0.962 bits per heavy atom. The minimum absolute atomic E-state index is 0.0179. The summed E-state index contributed by atoms with van der Waals surface area (Å²) in [5.74, 6) is -2.01. The standard InChI is InChI=1S/C15H14F3NO5S2/c16-15(17,18)24-10-4-2-1-3-9(10)19-13(22)11(25-7-5-20)12(14(19)23)26-8-6-21/h1-4,20-21H,5-8H2. The molecule has 0 radical (unpaired) electrons. The quantitative estimate of drug-likeness (QED) is 0.636. The number of amides is 2. The molecule has 0 aromatic heterocycles. The molecule has 2 N–H and O–H groups in total. The number of thioether (sulfide) groups is 2. The number of ether oxygens (including phenoxy) is 1. The van der Waals surface area contributed by atoms with Gasteiger partial charge in [0, 0.05) is 11.5 Å². The van der Waals surface area contributed by atoms with Crippen LogP contribution >= 0.6 is 23.5 Å². The van der Waals surface area contributed by atoms with Crippen LogP contribution in [0.5, 0.6) is 5.75 Å². The van der Waals surface area contributed by atoms with Crippen LogP contribution < -0.4 is 9.64 Å². The van der Waals surface area contributed by atoms with Crippen LogP contribution in [0, 0.1) is 0 Å². The second-order valence-electron chi connectivity index (χ2n) is 4.76. The number of carbonyl (C=O) groups excluding carboxylic acids is 2. The minimum Gasteiger partial charge on any atom is -0.404 e. The van der Waals surface area contributed by atoms with E-state index in [-0.39, 0.29) is 40.2 Å². The van der Waals surface area contributed by atoms with Crippen LogP contribution in [0.2, 0.25) is 0 Å². The molecule has 26 heavy (non-hydrogen) atoms. The molecule has 6 nitrogen and oxygen atoms in total. The van der Waals surface area contributed by atoms with Crippen LogP contribution in [0.1, 0.15) is 0 Å². The molecule has 11 heteroatoms. The van der Waals surface area contributed by atoms with E-state index in [0.29, 0.717) is 4.90 Å². The zero-order chi connectivity index (χ0) is 19.3. The molecule has 142 valence electrons. The van der Waals surface area contributed by atoms with Crippen molar-refractivity contribution in [1.29, 1.82) is 0 Å². The number of para-hydroxylation sites is 2. The van der Waals surface area contributed by atoms with Crippen molar-refractivity contribution >= 4 is 41.0 Å². The highest BCUT2D eigenvalue weighted by Crippen LogP contribution is 2.42. The Morgan fingerprint density at radius 3 is 1.92 bits per heavy atom. The normalized spacial score (nSPS) is 15.2. The van der Waals surface area contributed by atoms with E-state index >= 15 is 0 Å². The topological polar surface area (TPSA) is 87.1 Å². The van der Waals surface area contributed by atoms with Crippen molar-refractivity contribution in [2.45, 2.75) is 6.36 Å². The Labute approximate surface area is 155 Å². The predicted octanol–water partition coefficient (Wildman–Crippen LogP) is 2.12. The third-order valence-corrected chi connectivity index (χ3v) is 5.25. The van der Waals surface area contributed by atoms with Crippen LogP contribution in [0.3, 0.4) is 0 Å². The number of aliphatic hydroxyl groups excluding tert-OH is 2. The summed E-state index contributed by atoms with van der Waals surface area (Å²) < 4.78 is 41.7. The number of benzene rings is 1. The average Bonchev–Trinajstić information content (AvgIpc) is 2.80. The Bertz CT molecular complexity index is 693. The first-order chi connectivity index (χ1) is 12.3. The molecule has 0 aliphatic carbocycles. The molecule has 1 heterocycles. The van der Waals surface area contributed by atoms with E-state index in [0.717, 1.165) is 29.6 Å². The summed E-state index contributed by atoms with van der Waals surface area (Å²) >= 11 is 1.85. The lowest BCUT2D eigenvalue weighted by Crippen LogP contribution is -2.32. The largest absolute Gasteiger partial charge is 0.573 e. The second-order valence-corrected chi connectivity index (χ2v) is 6.97. The van der Waals surface area contributed by atoms with Gasteiger partial charge in [-0.25, -0.2) is 4.90 Å². The highest BCUT2D eigenvalue weighted by atomic mass is 32.2. The fourth-order valence-electron chi connectivity index (χ4n) is 2.11. The van der Waals surface area contributed by atoms with E-state index in [2.05, 4.69) is 4.74 Å². The van der Waals surface area contributed by atoms with Gasteiger partial charge in [-0.05, 0) is 12.1 Å². The third-order valence-electron chi connectivity index (χ3n) is 3.01. The van der Waals surface area contributed by atoms with E-state index < -0.39 is 23.9 Å². The van der Waals surface area contributed by atoms with Crippen molar-refractivity contribution < 1.29 is 37.7 Å². The van der Waals surface area contributed by atoms with Gasteiger partial charge in [0.15, 0.2) is 5.75 Å². The van der Waals surface area contributed by atoms with Crippen molar-refractivity contribution in [3.63, 3.8) is 0 Å². The Balaban J connectivity index is 2.40. The van der Waals surface area contributed by atoms with Crippen LogP contribution in [-0.4, -0.2) is 53.1 Å². The SMILES string of the molecule is O=C1C(SCCO)=C(SCCO)C(=O)N1c1ccccc1OC(F)(F)F. The number of carbonyl (C=O) groups is 2. The number of anilines is 1. The summed E-state index contributed by atoms with van der Waals surface area (Å²) in [6.45, 7) is -0.497. The average molecular weight is 409 g/mol. The highest BCUT2D eigenvalue weighted by Gasteiger charge is 2.42. The molecule has 2 amide bonds. The van der Waals surface area contributed by atoms with Crippen molar-refractivity contribution in [3.8, 4) is 5.75 Å². The number of aliphatic hydroxyl groups is 2. The lowest BCUT2D eigenvalue weighted by molar-refractivity contribution is -0.274. The number of alkyl halides is 3. The zero-order valence-corrected chi connectivity index (χ0v) is 14.8. The first kappa shape index (κ1) is 20.6. The van der Waals surface area contributed by atoms with Crippen LogP contribution in [0.25, 0.3) is 0 Å². The summed E-state index contributed by atoms with van der Waals surface area (Å²) in [5, 5.41) is 17.9. The first-order valence-corrected chi connectivity index (χ1v) is 9.22. The summed E-state index contributed by atoms with van der Waals surface area (Å²) in [6, 6.07) is 4.83. The van der Waals surface area contributed by atoms with Gasteiger partial charge in [-0.2, -0.15) is 0 Å². The summed E-state index contributed by atoms with van der Waals surface area (Å²) in [4.78, 5) is 25.9. The molecule has 0 unspecified atom stereocenters. The maximum absolute atomic E-state index is 12.6. The molecule has 1 aliphatic rings. The maximum Gasteiger partial charge on any atom is 0.573 e. The fourth-order valence-corrected chi connectivity index (χ4v) is 3.92. The fraction of sp³-hybridized carbons (Fsp3) is 0.333. The van der Waals surface area contributed by atoms with Gasteiger partial charge in [0.2, 0.25) is 0 Å². The van der Waals surface area contributed by atoms with Gasteiger partial charge in [-0.1, -0.05) is 12.1 Å². The summed E-state index contributed by atoms with van der Waals surface area (Å²) in [7, 11) is 0. The van der Waals surface area contributed by atoms with Gasteiger partial charge in [-0.3, -0.25) is 9.59 Å². The first-order valence-electron chi connectivity index (χ1n) is 7.25. The number of hydrogen-bond donors (Lipinski definition) is 2. The molecular formula is C15H14F3NO5S2. The molecular weight excluding hydrogens is 395 g/mol. The molecule has 0 atom stereocenters. The molecule has 0 saturated heterocycles. The van der Waals surface area contributed by atoms with Crippen LogP contribution in [0.15, 0.2) is 34.1 Å². The van der Waals surface area contributed by atoms with Crippen molar-refractivity contribution in [2.24, 2.45) is 0 Å². The number of nitrogens with zero attached hydrogens (tertiary/aromatic N) is 1. The molecule has 1 aliphatic heterocycles. The Morgan fingerprint density at radius 2 is 1.46 bits per heavy atom. The second kappa shape index (κ2) is 8.80. The molecule has 1 aromatic rings. The van der Waals surface area contributed by atoms with E-state index in [9.17, 15) is 22.8 Å². The van der Waals surface area contributed by atoms with Gasteiger partial charge >= 0.3 is 6.36 Å². The minimum atomic E-state index is -4.99. The van der Waals surface area contributed by atoms with Crippen molar-refractivity contribution in [1.82, 2.24) is 0 Å². The van der Waals surface area contributed by atoms with Gasteiger partial charge in [0.1, 0.15) is 0 Å². The van der Waals surface area contributed by atoms with E-state index in [1.165, 1.54) is 18.2 Å². The summed E-state index contributed by atoms with van der Waals surface area (Å²) in [5.41, 5.74) is -0.332. The molecule has 0 spiro atoms. The number of halogens is 3. The van der Waals surface area contributed by atoms with Gasteiger partial charge < -0.3 is 14.9 Å². The van der Waals surface area contributed by atoms with Crippen molar-refractivity contribution in [3.05, 3.63) is 34.1 Å². The highest BCUT2D eigenvalue weighted by molar-refractivity contribution is 8.08. The van der Waals surface area contributed by atoms with E-state index in [4.69, 9.17) is 10.2 Å². The van der Waals surface area contributed by atoms with Gasteiger partial charge in [-0.15, -0.1) is 36.7 Å². The van der Waals surface area contributed by atoms with Crippen LogP contribution in [0.4, 0.5) is 18.9 Å². The van der Waals surface area contributed by atoms with E-state index in [1.807, 2.05) is 0 Å². The monoisotopic (exact) mass is 409 g/mol. The van der Waals surface area contributed by atoms with E-state index in [1.54, 1.807) is 0 Å². The predicted molar refractivity (Wildman–Crippen MR) is 91.7 cm³/mol. The molecule has 0 bridgehead atoms. The van der Waals surface area contributed by atoms with Crippen LogP contribution in [-0.2, 0) is 9.59 Å². The Kier molecular flexibility index (Phi) is 6.98. The molecule has 2 rings (SSSR count). The number of hydrogen-bond acceptors (Lipinski definition) is 7. The lowest BCUT2D eigenvalue weighted by atomic mass is 10.2. The maximum atomic E-state index is 12.6. The molecule has 0 saturated carbocycles. The third kappa shape index (κ3) is 4.72. The number of imide groups is 1. The molecule has 1 aromatic carbocycles. The van der Waals surface area contributed by atoms with Gasteiger partial charge in [0.05, 0.1) is 28.7 Å². The van der Waals surface area contributed by atoms with Gasteiger partial charge in [0.25, 0.3) is 11.8 Å². The Hall–Kier alpha value is -1.69. The smallest absolute Gasteiger partial charge is 0.404 e. The van der Waals surface area contributed by atoms with Crippen molar-refractivity contribution in [2.75, 3.05) is 29.6 Å². The lowest BCUT2D eigenvalue weighted by Gasteiger charge is -2.19. The zero-order valence-electron chi connectivity index (χ0n) is 13.2. The molecule has 0 fully saturated rings.